The van der Waals surface area contributed by atoms with Crippen LogP contribution in [0.5, 0.6) is 0 Å². The predicted octanol–water partition coefficient (Wildman–Crippen LogP) is 1.56. The lowest BCUT2D eigenvalue weighted by Crippen LogP contribution is -2.56. The summed E-state index contributed by atoms with van der Waals surface area (Å²) in [5.74, 6) is 1.53. The molecule has 6 heteroatoms. The number of carbonyl (C=O) groups is 2. The smallest absolute Gasteiger partial charge is 0.305 e. The maximum atomic E-state index is 13.0. The summed E-state index contributed by atoms with van der Waals surface area (Å²) >= 11 is 1.73. The second-order valence-corrected chi connectivity index (χ2v) is 7.64. The van der Waals surface area contributed by atoms with Crippen LogP contribution >= 0.6 is 11.8 Å². The molecular weight excluding hydrogens is 288 g/mol. The van der Waals surface area contributed by atoms with Gasteiger partial charge in [-0.15, -0.1) is 0 Å². The van der Waals surface area contributed by atoms with Gasteiger partial charge in [-0.25, -0.2) is 0 Å². The Balaban J connectivity index is 2.12. The van der Waals surface area contributed by atoms with E-state index in [1.54, 1.807) is 11.8 Å². The van der Waals surface area contributed by atoms with Gasteiger partial charge in [0, 0.05) is 24.6 Å². The van der Waals surface area contributed by atoms with Crippen LogP contribution in [-0.2, 0) is 9.59 Å². The molecular formula is C15H26N2O3S. The highest BCUT2D eigenvalue weighted by atomic mass is 32.2. The van der Waals surface area contributed by atoms with Crippen molar-refractivity contribution in [1.29, 1.82) is 0 Å². The molecule has 0 spiro atoms. The highest BCUT2D eigenvalue weighted by molar-refractivity contribution is 7.99. The van der Waals surface area contributed by atoms with Gasteiger partial charge in [-0.3, -0.25) is 9.59 Å². The van der Waals surface area contributed by atoms with Gasteiger partial charge in [0.15, 0.2) is 0 Å². The lowest BCUT2D eigenvalue weighted by atomic mass is 9.69. The van der Waals surface area contributed by atoms with E-state index >= 15 is 0 Å². The Hall–Kier alpha value is -0.750. The van der Waals surface area contributed by atoms with Crippen molar-refractivity contribution in [3.63, 3.8) is 0 Å². The molecule has 2 rings (SSSR count). The summed E-state index contributed by atoms with van der Waals surface area (Å²) < 4.78 is 0. The van der Waals surface area contributed by atoms with Gasteiger partial charge in [0.2, 0.25) is 5.91 Å². The standard InChI is InChI=1S/C15H26N2O3S/c1-11-2-4-15(10-16,5-3-11)14(20)17-6-7-21-9-12(17)8-13(18)19/h11-12H,2-10,16H2,1H3,(H,18,19). The van der Waals surface area contributed by atoms with Crippen molar-refractivity contribution in [2.45, 2.75) is 45.1 Å². The van der Waals surface area contributed by atoms with Crippen LogP contribution in [-0.4, -0.2) is 52.5 Å². The van der Waals surface area contributed by atoms with Gasteiger partial charge >= 0.3 is 5.97 Å². The van der Waals surface area contributed by atoms with Crippen molar-refractivity contribution in [2.24, 2.45) is 17.1 Å². The molecule has 0 aromatic heterocycles. The van der Waals surface area contributed by atoms with Gasteiger partial charge in [-0.2, -0.15) is 11.8 Å². The van der Waals surface area contributed by atoms with Gasteiger partial charge < -0.3 is 15.7 Å². The fraction of sp³-hybridized carbons (Fsp3) is 0.867. The monoisotopic (exact) mass is 314 g/mol. The third-order valence-electron chi connectivity index (χ3n) is 4.97. The molecule has 0 radical (unpaired) electrons. The first-order valence-electron chi connectivity index (χ1n) is 7.79. The molecule has 1 heterocycles. The Morgan fingerprint density at radius 2 is 2.05 bits per heavy atom. The van der Waals surface area contributed by atoms with Gasteiger partial charge in [0.25, 0.3) is 0 Å². The molecule has 3 N–H and O–H groups in total. The molecule has 1 amide bonds. The minimum atomic E-state index is -0.834. The van der Waals surface area contributed by atoms with Crippen LogP contribution in [0.4, 0.5) is 0 Å². The van der Waals surface area contributed by atoms with Crippen LogP contribution in [0.25, 0.3) is 0 Å². The number of carboxylic acid groups (broad SMARTS) is 1. The van der Waals surface area contributed by atoms with E-state index in [9.17, 15) is 9.59 Å². The largest absolute Gasteiger partial charge is 0.481 e. The second-order valence-electron chi connectivity index (χ2n) is 6.49. The fourth-order valence-electron chi connectivity index (χ4n) is 3.42. The van der Waals surface area contributed by atoms with Crippen molar-refractivity contribution < 1.29 is 14.7 Å². The molecule has 1 saturated heterocycles. The first kappa shape index (κ1) is 16.6. The zero-order valence-corrected chi connectivity index (χ0v) is 13.5. The third-order valence-corrected chi connectivity index (χ3v) is 6.07. The number of thioether (sulfide) groups is 1. The zero-order chi connectivity index (χ0) is 15.5. The summed E-state index contributed by atoms with van der Waals surface area (Å²) in [6.45, 7) is 3.25. The van der Waals surface area contributed by atoms with E-state index < -0.39 is 11.4 Å². The van der Waals surface area contributed by atoms with Gasteiger partial charge in [0.1, 0.15) is 0 Å². The Morgan fingerprint density at radius 3 is 2.62 bits per heavy atom. The number of nitrogens with zero attached hydrogens (tertiary/aromatic N) is 1. The molecule has 21 heavy (non-hydrogen) atoms. The molecule has 5 nitrogen and oxygen atoms in total. The summed E-state index contributed by atoms with van der Waals surface area (Å²) in [6, 6.07) is -0.184. The van der Waals surface area contributed by atoms with Crippen LogP contribution in [0.2, 0.25) is 0 Å². The van der Waals surface area contributed by atoms with Gasteiger partial charge in [0.05, 0.1) is 17.9 Å². The predicted molar refractivity (Wildman–Crippen MR) is 84.2 cm³/mol. The van der Waals surface area contributed by atoms with Crippen LogP contribution in [0.3, 0.4) is 0 Å². The molecule has 1 aliphatic carbocycles. The van der Waals surface area contributed by atoms with E-state index in [0.717, 1.165) is 37.2 Å². The Bertz CT molecular complexity index is 394. The third kappa shape index (κ3) is 3.72. The summed E-state index contributed by atoms with van der Waals surface area (Å²) in [5.41, 5.74) is 5.52. The maximum absolute atomic E-state index is 13.0. The fourth-order valence-corrected chi connectivity index (χ4v) is 4.48. The molecule has 0 aromatic carbocycles. The van der Waals surface area contributed by atoms with Gasteiger partial charge in [-0.1, -0.05) is 6.92 Å². The SMILES string of the molecule is CC1CCC(CN)(C(=O)N2CCSCC2CC(=O)O)CC1. The molecule has 1 saturated carbocycles. The van der Waals surface area contributed by atoms with Crippen LogP contribution in [0, 0.1) is 11.3 Å². The number of nitrogens with two attached hydrogens (primary N) is 1. The number of carboxylic acids is 1. The molecule has 2 aliphatic rings. The van der Waals surface area contributed by atoms with E-state index in [1.165, 1.54) is 0 Å². The lowest BCUT2D eigenvalue weighted by molar-refractivity contribution is -0.148. The van der Waals surface area contributed by atoms with Crippen molar-refractivity contribution in [3.8, 4) is 0 Å². The highest BCUT2D eigenvalue weighted by Gasteiger charge is 2.44. The molecule has 1 atom stereocenters. The minimum Gasteiger partial charge on any atom is -0.481 e. The average molecular weight is 314 g/mol. The van der Waals surface area contributed by atoms with Crippen LogP contribution in [0.15, 0.2) is 0 Å². The lowest BCUT2D eigenvalue weighted by Gasteiger charge is -2.44. The number of carbonyl (C=O) groups excluding carboxylic acids is 1. The van der Waals surface area contributed by atoms with Crippen LogP contribution < -0.4 is 5.73 Å². The highest BCUT2D eigenvalue weighted by Crippen LogP contribution is 2.40. The Kier molecular flexibility index (Phi) is 5.54. The molecule has 1 unspecified atom stereocenters. The van der Waals surface area contributed by atoms with Gasteiger partial charge in [-0.05, 0) is 31.6 Å². The Labute approximate surface area is 130 Å². The molecule has 120 valence electrons. The first-order valence-corrected chi connectivity index (χ1v) is 8.94. The summed E-state index contributed by atoms with van der Waals surface area (Å²) in [4.78, 5) is 25.9. The van der Waals surface area contributed by atoms with Crippen molar-refractivity contribution in [1.82, 2.24) is 4.90 Å². The van der Waals surface area contributed by atoms with Crippen molar-refractivity contribution >= 4 is 23.6 Å². The first-order chi connectivity index (χ1) is 9.98. The number of aliphatic carboxylic acids is 1. The van der Waals surface area contributed by atoms with Crippen molar-refractivity contribution in [2.75, 3.05) is 24.6 Å². The normalized spacial score (nSPS) is 33.7. The number of hydrogen-bond donors (Lipinski definition) is 2. The van der Waals surface area contributed by atoms with Crippen LogP contribution in [0.1, 0.15) is 39.0 Å². The van der Waals surface area contributed by atoms with E-state index in [2.05, 4.69) is 6.92 Å². The average Bonchev–Trinajstić information content (AvgIpc) is 2.48. The topological polar surface area (TPSA) is 83.6 Å². The second kappa shape index (κ2) is 7.01. The molecule has 2 fully saturated rings. The van der Waals surface area contributed by atoms with E-state index in [1.807, 2.05) is 4.90 Å². The maximum Gasteiger partial charge on any atom is 0.305 e. The molecule has 0 bridgehead atoms. The van der Waals surface area contributed by atoms with E-state index in [-0.39, 0.29) is 18.4 Å². The molecule has 1 aliphatic heterocycles. The molecule has 0 aromatic rings. The number of rotatable bonds is 4. The number of amides is 1. The summed E-state index contributed by atoms with van der Waals surface area (Å²) in [5, 5.41) is 9.06. The van der Waals surface area contributed by atoms with Crippen molar-refractivity contribution in [3.05, 3.63) is 0 Å². The summed E-state index contributed by atoms with van der Waals surface area (Å²) in [6.07, 6.45) is 3.79. The quantitative estimate of drug-likeness (QED) is 0.823. The minimum absolute atomic E-state index is 0.0375. The summed E-state index contributed by atoms with van der Waals surface area (Å²) in [7, 11) is 0. The van der Waals surface area contributed by atoms with E-state index in [4.69, 9.17) is 10.8 Å². The van der Waals surface area contributed by atoms with E-state index in [0.29, 0.717) is 19.0 Å². The number of hydrogen-bond acceptors (Lipinski definition) is 4. The zero-order valence-electron chi connectivity index (χ0n) is 12.7. The Morgan fingerprint density at radius 1 is 1.38 bits per heavy atom.